The topological polar surface area (TPSA) is 34.9 Å². The minimum atomic E-state index is -0.213. The van der Waals surface area contributed by atoms with Gasteiger partial charge in [0, 0.05) is 14.5 Å². The number of halogens is 1. The quantitative estimate of drug-likeness (QED) is 0.555. The van der Waals surface area contributed by atoms with Crippen LogP contribution in [-0.2, 0) is 5.41 Å². The summed E-state index contributed by atoms with van der Waals surface area (Å²) in [6.07, 6.45) is 0. The first-order valence-corrected chi connectivity index (χ1v) is 8.24. The van der Waals surface area contributed by atoms with Crippen molar-refractivity contribution in [2.75, 3.05) is 0 Å². The Morgan fingerprint density at radius 3 is 2.41 bits per heavy atom. The predicted octanol–water partition coefficient (Wildman–Crippen LogP) is 4.63. The normalized spacial score (nSPS) is 11.8. The van der Waals surface area contributed by atoms with Gasteiger partial charge in [-0.25, -0.2) is 4.98 Å². The van der Waals surface area contributed by atoms with Crippen LogP contribution in [-0.4, -0.2) is 15.5 Å². The molecule has 0 aliphatic heterocycles. The second kappa shape index (κ2) is 5.50. The number of carbonyl (C=O) groups is 1. The molecule has 0 saturated carbocycles. The third-order valence-corrected chi connectivity index (χ3v) is 4.18. The zero-order valence-corrected chi connectivity index (χ0v) is 15.0. The monoisotopic (exact) mass is 404 g/mol. The van der Waals surface area contributed by atoms with Gasteiger partial charge < -0.3 is 0 Å². The zero-order chi connectivity index (χ0) is 15.9. The molecule has 3 nitrogen and oxygen atoms in total. The third kappa shape index (κ3) is 2.67. The summed E-state index contributed by atoms with van der Waals surface area (Å²) in [5.74, 6) is 0.758. The SMILES string of the molecule is CC(C)(C)c1nc2ccc(I)cc2n1C(=O)c1ccccc1. The summed E-state index contributed by atoms with van der Waals surface area (Å²) in [5.41, 5.74) is 2.18. The number of benzene rings is 2. The fraction of sp³-hybridized carbons (Fsp3) is 0.222. The van der Waals surface area contributed by atoms with E-state index >= 15 is 0 Å². The van der Waals surface area contributed by atoms with Crippen molar-refractivity contribution in [1.29, 1.82) is 0 Å². The van der Waals surface area contributed by atoms with Crippen LogP contribution in [0, 0.1) is 3.57 Å². The van der Waals surface area contributed by atoms with Crippen LogP contribution in [0.5, 0.6) is 0 Å². The Labute approximate surface area is 143 Å². The number of hydrogen-bond donors (Lipinski definition) is 0. The summed E-state index contributed by atoms with van der Waals surface area (Å²) in [7, 11) is 0. The number of rotatable bonds is 1. The van der Waals surface area contributed by atoms with E-state index in [1.165, 1.54) is 0 Å². The molecule has 0 N–H and O–H groups in total. The molecule has 4 heteroatoms. The molecule has 22 heavy (non-hydrogen) atoms. The molecule has 0 atom stereocenters. The van der Waals surface area contributed by atoms with Crippen LogP contribution in [0.2, 0.25) is 0 Å². The summed E-state index contributed by atoms with van der Waals surface area (Å²) < 4.78 is 2.85. The van der Waals surface area contributed by atoms with E-state index in [1.54, 1.807) is 4.57 Å². The van der Waals surface area contributed by atoms with Gasteiger partial charge in [0.15, 0.2) is 0 Å². The molecule has 0 spiro atoms. The van der Waals surface area contributed by atoms with E-state index < -0.39 is 0 Å². The van der Waals surface area contributed by atoms with Crippen molar-refractivity contribution < 1.29 is 4.79 Å². The lowest BCUT2D eigenvalue weighted by molar-refractivity contribution is 0.0957. The fourth-order valence-electron chi connectivity index (χ4n) is 2.47. The van der Waals surface area contributed by atoms with Gasteiger partial charge in [0.25, 0.3) is 5.91 Å². The lowest BCUT2D eigenvalue weighted by Gasteiger charge is -2.19. The van der Waals surface area contributed by atoms with Crippen molar-refractivity contribution in [1.82, 2.24) is 9.55 Å². The Bertz CT molecular complexity index is 845. The summed E-state index contributed by atoms with van der Waals surface area (Å²) in [6, 6.07) is 15.4. The lowest BCUT2D eigenvalue weighted by Crippen LogP contribution is -2.24. The molecule has 0 fully saturated rings. The van der Waals surface area contributed by atoms with E-state index in [1.807, 2.05) is 48.5 Å². The largest absolute Gasteiger partial charge is 0.268 e. The second-order valence-corrected chi connectivity index (χ2v) is 7.57. The molecule has 2 aromatic carbocycles. The van der Waals surface area contributed by atoms with E-state index in [0.29, 0.717) is 5.56 Å². The number of nitrogens with zero attached hydrogens (tertiary/aromatic N) is 2. The third-order valence-electron chi connectivity index (χ3n) is 3.51. The van der Waals surface area contributed by atoms with Gasteiger partial charge in [0.2, 0.25) is 0 Å². The Hall–Kier alpha value is -1.69. The molecule has 0 bridgehead atoms. The predicted molar refractivity (Wildman–Crippen MR) is 97.3 cm³/mol. The lowest BCUT2D eigenvalue weighted by atomic mass is 9.95. The van der Waals surface area contributed by atoms with Crippen LogP contribution in [0.1, 0.15) is 37.0 Å². The summed E-state index contributed by atoms with van der Waals surface area (Å²) >= 11 is 2.26. The van der Waals surface area contributed by atoms with Crippen LogP contribution in [0.4, 0.5) is 0 Å². The van der Waals surface area contributed by atoms with Crippen molar-refractivity contribution in [2.45, 2.75) is 26.2 Å². The number of hydrogen-bond acceptors (Lipinski definition) is 2. The minimum absolute atomic E-state index is 0.0324. The van der Waals surface area contributed by atoms with Gasteiger partial charge in [-0.1, -0.05) is 39.0 Å². The Kier molecular flexibility index (Phi) is 3.80. The fourth-order valence-corrected chi connectivity index (χ4v) is 2.94. The molecule has 1 aromatic heterocycles. The maximum Gasteiger partial charge on any atom is 0.263 e. The highest BCUT2D eigenvalue weighted by Crippen LogP contribution is 2.28. The summed E-state index contributed by atoms with van der Waals surface area (Å²) in [6.45, 7) is 6.23. The first-order chi connectivity index (χ1) is 10.4. The smallest absolute Gasteiger partial charge is 0.263 e. The number of carbonyl (C=O) groups excluding carboxylic acids is 1. The van der Waals surface area contributed by atoms with Crippen LogP contribution < -0.4 is 0 Å². The van der Waals surface area contributed by atoms with Gasteiger partial charge in [0.1, 0.15) is 5.82 Å². The second-order valence-electron chi connectivity index (χ2n) is 6.33. The Balaban J connectivity index is 2.30. The van der Waals surface area contributed by atoms with Crippen LogP contribution in [0.3, 0.4) is 0 Å². The average Bonchev–Trinajstić information content (AvgIpc) is 2.86. The molecule has 0 radical (unpaired) electrons. The molecule has 0 aliphatic rings. The number of aromatic nitrogens is 2. The van der Waals surface area contributed by atoms with Crippen molar-refractivity contribution >= 4 is 39.5 Å². The Morgan fingerprint density at radius 2 is 1.77 bits per heavy atom. The molecule has 0 aliphatic carbocycles. The molecule has 0 amide bonds. The molecular weight excluding hydrogens is 387 g/mol. The van der Waals surface area contributed by atoms with Crippen molar-refractivity contribution in [3.63, 3.8) is 0 Å². The van der Waals surface area contributed by atoms with Crippen molar-refractivity contribution in [3.8, 4) is 0 Å². The number of fused-ring (bicyclic) bond motifs is 1. The maximum atomic E-state index is 13.0. The molecule has 3 aromatic rings. The highest BCUT2D eigenvalue weighted by Gasteiger charge is 2.26. The van der Waals surface area contributed by atoms with E-state index in [0.717, 1.165) is 20.4 Å². The van der Waals surface area contributed by atoms with Gasteiger partial charge >= 0.3 is 0 Å². The standard InChI is InChI=1S/C18H17IN2O/c1-18(2,3)17-20-14-10-9-13(19)11-15(14)21(17)16(22)12-7-5-4-6-8-12/h4-11H,1-3H3. The summed E-state index contributed by atoms with van der Waals surface area (Å²) in [4.78, 5) is 17.7. The molecular formula is C18H17IN2O. The van der Waals surface area contributed by atoms with Gasteiger partial charge in [-0.15, -0.1) is 0 Å². The molecule has 3 rings (SSSR count). The Morgan fingerprint density at radius 1 is 1.09 bits per heavy atom. The maximum absolute atomic E-state index is 13.0. The van der Waals surface area contributed by atoms with Gasteiger partial charge in [-0.3, -0.25) is 9.36 Å². The highest BCUT2D eigenvalue weighted by molar-refractivity contribution is 14.1. The first-order valence-electron chi connectivity index (χ1n) is 7.16. The number of imidazole rings is 1. The summed E-state index contributed by atoms with van der Waals surface area (Å²) in [5, 5.41) is 0. The molecule has 0 saturated heterocycles. The van der Waals surface area contributed by atoms with E-state index in [4.69, 9.17) is 4.98 Å². The van der Waals surface area contributed by atoms with Crippen molar-refractivity contribution in [3.05, 3.63) is 63.5 Å². The highest BCUT2D eigenvalue weighted by atomic mass is 127. The van der Waals surface area contributed by atoms with Crippen molar-refractivity contribution in [2.24, 2.45) is 0 Å². The zero-order valence-electron chi connectivity index (χ0n) is 12.8. The molecule has 0 unspecified atom stereocenters. The van der Waals surface area contributed by atoms with E-state index in [2.05, 4.69) is 43.4 Å². The van der Waals surface area contributed by atoms with Gasteiger partial charge in [-0.05, 0) is 52.9 Å². The molecule has 112 valence electrons. The van der Waals surface area contributed by atoms with Gasteiger partial charge in [-0.2, -0.15) is 0 Å². The van der Waals surface area contributed by atoms with Crippen LogP contribution in [0.25, 0.3) is 11.0 Å². The first kappa shape index (κ1) is 15.2. The average molecular weight is 404 g/mol. The van der Waals surface area contributed by atoms with E-state index in [9.17, 15) is 4.79 Å². The molecule has 1 heterocycles. The van der Waals surface area contributed by atoms with Gasteiger partial charge in [0.05, 0.1) is 11.0 Å². The van der Waals surface area contributed by atoms with Crippen LogP contribution in [0.15, 0.2) is 48.5 Å². The van der Waals surface area contributed by atoms with E-state index in [-0.39, 0.29) is 11.3 Å². The minimum Gasteiger partial charge on any atom is -0.268 e. The van der Waals surface area contributed by atoms with Crippen LogP contribution >= 0.6 is 22.6 Å².